The van der Waals surface area contributed by atoms with Gasteiger partial charge in [-0.25, -0.2) is 14.2 Å². The van der Waals surface area contributed by atoms with Gasteiger partial charge in [-0.15, -0.1) is 0 Å². The Balaban J connectivity index is 2.09. The molecule has 0 spiro atoms. The Morgan fingerprint density at radius 2 is 1.75 bits per heavy atom. The summed E-state index contributed by atoms with van der Waals surface area (Å²) in [6, 6.07) is 14.1. The van der Waals surface area contributed by atoms with Crippen LogP contribution in [-0.4, -0.2) is 42.8 Å². The molecule has 1 atom stereocenters. The lowest BCUT2D eigenvalue weighted by Crippen LogP contribution is -2.30. The van der Waals surface area contributed by atoms with Crippen molar-refractivity contribution in [2.45, 2.75) is 33.1 Å². The van der Waals surface area contributed by atoms with Gasteiger partial charge in [0.1, 0.15) is 0 Å². The minimum atomic E-state index is -2.46. The fraction of sp³-hybridized carbons (Fsp3) is 0.375. The number of likely N-dealkylation sites (N-methyl/N-ethyl adjacent to an activating group) is 1. The van der Waals surface area contributed by atoms with Gasteiger partial charge in [0, 0.05) is 49.0 Å². The number of hydrogen-bond acceptors (Lipinski definition) is 3. The van der Waals surface area contributed by atoms with Gasteiger partial charge in [-0.1, -0.05) is 69.1 Å². The second kappa shape index (κ2) is 8.53. The molecule has 0 bridgehead atoms. The van der Waals surface area contributed by atoms with E-state index in [-0.39, 0.29) is 5.41 Å². The van der Waals surface area contributed by atoms with Crippen LogP contribution in [0.3, 0.4) is 0 Å². The van der Waals surface area contributed by atoms with Gasteiger partial charge >= 0.3 is 0 Å². The number of halogens is 2. The highest BCUT2D eigenvalue weighted by Gasteiger charge is 2.47. The van der Waals surface area contributed by atoms with Gasteiger partial charge in [-0.3, -0.25) is 0 Å². The van der Waals surface area contributed by atoms with E-state index < -0.39 is 7.36 Å². The number of nitrogens with zero attached hydrogens (tertiary/aromatic N) is 5. The molecule has 2 heterocycles. The number of fused-ring (bicyclic) bond motifs is 1. The SMILES string of the molecule is CCN(CC)[P@]1(=Nc2cc(Cl)ccc2Cl)/C(=C2/N(C)c3ccccc3C2(C)C)C=NN1C. The van der Waals surface area contributed by atoms with Crippen LogP contribution in [0.25, 0.3) is 0 Å². The predicted octanol–water partition coefficient (Wildman–Crippen LogP) is 7.57. The average Bonchev–Trinajstić information content (AvgIpc) is 3.17. The Bertz CT molecular complexity index is 1170. The molecule has 2 aromatic rings. The van der Waals surface area contributed by atoms with Crippen LogP contribution in [-0.2, 0) is 5.41 Å². The molecule has 4 rings (SSSR count). The van der Waals surface area contributed by atoms with Crippen LogP contribution >= 0.6 is 30.6 Å². The first kappa shape index (κ1) is 23.4. The van der Waals surface area contributed by atoms with Crippen molar-refractivity contribution in [3.63, 3.8) is 0 Å². The molecule has 0 saturated carbocycles. The van der Waals surface area contributed by atoms with Gasteiger partial charge in [0.25, 0.3) is 0 Å². The third-order valence-corrected chi connectivity index (χ3v) is 10.8. The second-order valence-electron chi connectivity index (χ2n) is 8.57. The van der Waals surface area contributed by atoms with E-state index in [2.05, 4.69) is 68.6 Å². The second-order valence-corrected chi connectivity index (χ2v) is 12.4. The third kappa shape index (κ3) is 3.42. The molecular formula is C24H30Cl2N5P. The first-order valence-electron chi connectivity index (χ1n) is 10.9. The topological polar surface area (TPSA) is 34.4 Å². The van der Waals surface area contributed by atoms with Crippen LogP contribution in [0.5, 0.6) is 0 Å². The summed E-state index contributed by atoms with van der Waals surface area (Å²) in [5.41, 5.74) is 4.27. The molecule has 2 aliphatic rings. The first-order chi connectivity index (χ1) is 15.2. The standard InChI is InChI=1S/C24H30Cl2N5P/c1-7-31(8-2)32(28-20-15-17(25)13-14-19(20)26)22(16-27-30(32)6)23-24(3,4)18-11-9-10-12-21(18)29(23)5/h9-16H,7-8H2,1-6H3/b23-22+/t32-/m0/s1. The van der Waals surface area contributed by atoms with Gasteiger partial charge in [0.05, 0.1) is 22.2 Å². The Morgan fingerprint density at radius 3 is 2.41 bits per heavy atom. The largest absolute Gasteiger partial charge is 0.346 e. The van der Waals surface area contributed by atoms with Crippen molar-refractivity contribution in [3.05, 3.63) is 69.1 Å². The minimum absolute atomic E-state index is 0.191. The van der Waals surface area contributed by atoms with E-state index >= 15 is 0 Å². The molecule has 8 heteroatoms. The molecule has 0 amide bonds. The fourth-order valence-corrected chi connectivity index (χ4v) is 9.05. The number of hydrogen-bond donors (Lipinski definition) is 0. The normalized spacial score (nSPS) is 23.9. The molecule has 2 aliphatic heterocycles. The molecule has 0 saturated heterocycles. The Kier molecular flexibility index (Phi) is 6.23. The van der Waals surface area contributed by atoms with Crippen LogP contribution < -0.4 is 4.90 Å². The number of benzene rings is 2. The fourth-order valence-electron chi connectivity index (χ4n) is 4.95. The zero-order valence-electron chi connectivity index (χ0n) is 19.5. The van der Waals surface area contributed by atoms with Crippen LogP contribution in [0.1, 0.15) is 33.3 Å². The first-order valence-corrected chi connectivity index (χ1v) is 13.3. The van der Waals surface area contributed by atoms with Crippen LogP contribution in [0.15, 0.2) is 63.3 Å². The summed E-state index contributed by atoms with van der Waals surface area (Å²) >= 11 is 12.9. The molecule has 0 unspecified atom stereocenters. The van der Waals surface area contributed by atoms with Gasteiger partial charge in [-0.05, 0) is 29.8 Å². The molecule has 0 N–H and O–H groups in total. The van der Waals surface area contributed by atoms with E-state index in [4.69, 9.17) is 33.0 Å². The van der Waals surface area contributed by atoms with Crippen molar-refractivity contribution >= 4 is 48.1 Å². The van der Waals surface area contributed by atoms with Crippen LogP contribution in [0.4, 0.5) is 11.4 Å². The third-order valence-electron chi connectivity index (χ3n) is 6.46. The lowest BCUT2D eigenvalue weighted by molar-refractivity contribution is 0.452. The molecule has 5 nitrogen and oxygen atoms in total. The molecule has 32 heavy (non-hydrogen) atoms. The van der Waals surface area contributed by atoms with Crippen molar-refractivity contribution in [1.29, 1.82) is 0 Å². The molecule has 0 fully saturated rings. The molecule has 2 aromatic carbocycles. The van der Waals surface area contributed by atoms with Gasteiger partial charge < -0.3 is 4.90 Å². The number of hydrazone groups is 1. The summed E-state index contributed by atoms with van der Waals surface area (Å²) in [4.78, 5) is 2.31. The lowest BCUT2D eigenvalue weighted by Gasteiger charge is -2.39. The molecule has 170 valence electrons. The number of para-hydroxylation sites is 1. The molecular weight excluding hydrogens is 460 g/mol. The van der Waals surface area contributed by atoms with Crippen LogP contribution in [0.2, 0.25) is 10.0 Å². The Morgan fingerprint density at radius 1 is 1.06 bits per heavy atom. The van der Waals surface area contributed by atoms with Gasteiger partial charge in [0.2, 0.25) is 0 Å². The molecule has 0 aromatic heterocycles. The summed E-state index contributed by atoms with van der Waals surface area (Å²) in [6.45, 7) is 10.6. The van der Waals surface area contributed by atoms with E-state index in [0.717, 1.165) is 18.4 Å². The highest BCUT2D eigenvalue weighted by atomic mass is 35.5. The van der Waals surface area contributed by atoms with E-state index in [1.807, 2.05) is 30.2 Å². The molecule has 0 radical (unpaired) electrons. The van der Waals surface area contributed by atoms with E-state index in [1.165, 1.54) is 16.9 Å². The Labute approximate surface area is 201 Å². The maximum Gasteiger partial charge on any atom is 0.174 e. The summed E-state index contributed by atoms with van der Waals surface area (Å²) in [5.74, 6) is 0. The van der Waals surface area contributed by atoms with Crippen molar-refractivity contribution in [1.82, 2.24) is 9.45 Å². The van der Waals surface area contributed by atoms with Crippen molar-refractivity contribution in [2.24, 2.45) is 9.85 Å². The van der Waals surface area contributed by atoms with Crippen LogP contribution in [0, 0.1) is 0 Å². The van der Waals surface area contributed by atoms with E-state index in [9.17, 15) is 0 Å². The summed E-state index contributed by atoms with van der Waals surface area (Å²) in [7, 11) is 1.71. The zero-order chi connectivity index (χ0) is 23.3. The number of allylic oxidation sites excluding steroid dienone is 2. The average molecular weight is 490 g/mol. The maximum atomic E-state index is 6.60. The summed E-state index contributed by atoms with van der Waals surface area (Å²) in [5, 5.41) is 7.17. The van der Waals surface area contributed by atoms with E-state index in [1.54, 1.807) is 6.07 Å². The van der Waals surface area contributed by atoms with Crippen molar-refractivity contribution in [2.75, 3.05) is 32.1 Å². The highest BCUT2D eigenvalue weighted by Crippen LogP contribution is 2.69. The minimum Gasteiger partial charge on any atom is -0.346 e. The predicted molar refractivity (Wildman–Crippen MR) is 140 cm³/mol. The lowest BCUT2D eigenvalue weighted by atomic mass is 9.84. The molecule has 0 aliphatic carbocycles. The van der Waals surface area contributed by atoms with Crippen molar-refractivity contribution in [3.8, 4) is 0 Å². The monoisotopic (exact) mass is 489 g/mol. The van der Waals surface area contributed by atoms with Crippen molar-refractivity contribution < 1.29 is 0 Å². The highest BCUT2D eigenvalue weighted by molar-refractivity contribution is 7.67. The number of anilines is 1. The van der Waals surface area contributed by atoms with Gasteiger partial charge in [0.15, 0.2) is 7.36 Å². The maximum absolute atomic E-state index is 6.60. The van der Waals surface area contributed by atoms with E-state index in [0.29, 0.717) is 15.7 Å². The van der Waals surface area contributed by atoms with Gasteiger partial charge in [-0.2, -0.15) is 5.10 Å². The quantitative estimate of drug-likeness (QED) is 0.415. The summed E-state index contributed by atoms with van der Waals surface area (Å²) < 4.78 is 9.87. The smallest absolute Gasteiger partial charge is 0.174 e. The summed E-state index contributed by atoms with van der Waals surface area (Å²) in [6.07, 6.45) is 2.01. The zero-order valence-corrected chi connectivity index (χ0v) is 21.9. The Hall–Kier alpha value is -1.78. The number of rotatable bonds is 4.